The molecule has 6 rings (SSSR count). The maximum Gasteiger partial charge on any atom is 0.104 e. The summed E-state index contributed by atoms with van der Waals surface area (Å²) >= 11 is 0. The normalized spacial score (nSPS) is 15.2. The number of anilines is 1. The van der Waals surface area contributed by atoms with Crippen LogP contribution in [0.4, 0.5) is 5.82 Å². The van der Waals surface area contributed by atoms with Crippen LogP contribution < -0.4 is 5.32 Å². The van der Waals surface area contributed by atoms with E-state index in [9.17, 15) is 0 Å². The molecule has 1 saturated heterocycles. The van der Waals surface area contributed by atoms with Crippen molar-refractivity contribution in [1.29, 1.82) is 0 Å². The molecule has 0 unspecified atom stereocenters. The van der Waals surface area contributed by atoms with E-state index >= 15 is 0 Å². The Labute approximate surface area is 181 Å². The zero-order valence-corrected chi connectivity index (χ0v) is 17.5. The highest BCUT2D eigenvalue weighted by Crippen LogP contribution is 2.33. The number of para-hydroxylation sites is 2. The number of nitrogens with one attached hydrogen (secondary N) is 2. The number of hydrogen-bond donors (Lipinski definition) is 2. The lowest BCUT2D eigenvalue weighted by molar-refractivity contribution is 0.0398. The van der Waals surface area contributed by atoms with Crippen LogP contribution in [0, 0.1) is 0 Å². The van der Waals surface area contributed by atoms with Gasteiger partial charge in [0.25, 0.3) is 0 Å². The van der Waals surface area contributed by atoms with E-state index in [4.69, 9.17) is 4.74 Å². The van der Waals surface area contributed by atoms with Gasteiger partial charge in [0.2, 0.25) is 0 Å². The third-order valence-electron chi connectivity index (χ3n) is 6.29. The molecule has 2 aromatic heterocycles. The highest BCUT2D eigenvalue weighted by atomic mass is 16.5. The summed E-state index contributed by atoms with van der Waals surface area (Å²) in [4.78, 5) is 5.96. The first-order chi connectivity index (χ1) is 15.4. The monoisotopic (exact) mass is 410 g/mol. The van der Waals surface area contributed by atoms with Crippen molar-refractivity contribution < 1.29 is 4.74 Å². The second-order valence-electron chi connectivity index (χ2n) is 8.21. The molecule has 3 heterocycles. The number of ether oxygens (including phenoxy) is 1. The summed E-state index contributed by atoms with van der Waals surface area (Å²) in [6, 6.07) is 26.2. The van der Waals surface area contributed by atoms with Crippen molar-refractivity contribution in [3.8, 4) is 5.69 Å². The third-order valence-corrected chi connectivity index (χ3v) is 6.29. The standard InChI is InChI=1S/C26H26N4O/c1-3-7-24-21(5-1)22-6-2-4-8-25(22)30(24)20-9-10-23-19(17-20)18-26(28-23)27-11-12-29-13-15-31-16-14-29/h1-10,17-18,27-28H,11-16H2. The van der Waals surface area contributed by atoms with Gasteiger partial charge in [0.1, 0.15) is 5.82 Å². The molecule has 5 nitrogen and oxygen atoms in total. The topological polar surface area (TPSA) is 45.2 Å². The Kier molecular flexibility index (Phi) is 4.63. The molecule has 5 heteroatoms. The molecule has 0 aliphatic carbocycles. The molecule has 3 aromatic carbocycles. The van der Waals surface area contributed by atoms with E-state index in [0.717, 1.165) is 50.7 Å². The van der Waals surface area contributed by atoms with Crippen molar-refractivity contribution in [2.24, 2.45) is 0 Å². The number of rotatable bonds is 5. The van der Waals surface area contributed by atoms with Crippen LogP contribution in [0.2, 0.25) is 0 Å². The van der Waals surface area contributed by atoms with Gasteiger partial charge in [-0.15, -0.1) is 0 Å². The summed E-state index contributed by atoms with van der Waals surface area (Å²) < 4.78 is 7.79. The second kappa shape index (κ2) is 7.76. The molecule has 0 amide bonds. The molecule has 2 N–H and O–H groups in total. The highest BCUT2D eigenvalue weighted by Gasteiger charge is 2.13. The molecule has 1 fully saturated rings. The number of hydrogen-bond acceptors (Lipinski definition) is 3. The first-order valence-corrected chi connectivity index (χ1v) is 11.0. The minimum absolute atomic E-state index is 0.845. The van der Waals surface area contributed by atoms with E-state index in [1.807, 2.05) is 0 Å². The summed E-state index contributed by atoms with van der Waals surface area (Å²) in [6.45, 7) is 5.70. The van der Waals surface area contributed by atoms with Crippen molar-refractivity contribution in [2.45, 2.75) is 0 Å². The third kappa shape index (κ3) is 3.36. The van der Waals surface area contributed by atoms with Crippen LogP contribution in [0.5, 0.6) is 0 Å². The van der Waals surface area contributed by atoms with Gasteiger partial charge >= 0.3 is 0 Å². The minimum Gasteiger partial charge on any atom is -0.379 e. The average Bonchev–Trinajstić information content (AvgIpc) is 3.38. The van der Waals surface area contributed by atoms with Crippen LogP contribution in [0.15, 0.2) is 72.8 Å². The van der Waals surface area contributed by atoms with E-state index in [2.05, 4.69) is 92.6 Å². The smallest absolute Gasteiger partial charge is 0.104 e. The summed E-state index contributed by atoms with van der Waals surface area (Å²) in [5.74, 6) is 1.07. The minimum atomic E-state index is 0.845. The van der Waals surface area contributed by atoms with Gasteiger partial charge in [-0.05, 0) is 36.4 Å². The van der Waals surface area contributed by atoms with Crippen LogP contribution in [-0.4, -0.2) is 53.8 Å². The molecule has 31 heavy (non-hydrogen) atoms. The fourth-order valence-corrected chi connectivity index (χ4v) is 4.73. The number of benzene rings is 3. The van der Waals surface area contributed by atoms with Crippen LogP contribution in [0.25, 0.3) is 38.4 Å². The van der Waals surface area contributed by atoms with Crippen molar-refractivity contribution in [1.82, 2.24) is 14.5 Å². The van der Waals surface area contributed by atoms with E-state index in [1.165, 1.54) is 32.9 Å². The number of morpholine rings is 1. The Hall–Kier alpha value is -3.28. The predicted octanol–water partition coefficient (Wildman–Crippen LogP) is 5.01. The Balaban J connectivity index is 1.32. The van der Waals surface area contributed by atoms with Gasteiger partial charge in [0.15, 0.2) is 0 Å². The van der Waals surface area contributed by atoms with Gasteiger partial charge in [-0.1, -0.05) is 36.4 Å². The maximum atomic E-state index is 5.43. The Morgan fingerprint density at radius 1 is 0.839 bits per heavy atom. The SMILES string of the molecule is c1ccc2c(c1)c1ccccc1n2-c1ccc2[nH]c(NCCN3CCOCC3)cc2c1. The second-order valence-corrected chi connectivity index (χ2v) is 8.21. The fourth-order valence-electron chi connectivity index (χ4n) is 4.73. The van der Waals surface area contributed by atoms with Crippen molar-refractivity contribution in [3.63, 3.8) is 0 Å². The van der Waals surface area contributed by atoms with Crippen molar-refractivity contribution in [3.05, 3.63) is 72.8 Å². The Morgan fingerprint density at radius 3 is 2.29 bits per heavy atom. The van der Waals surface area contributed by atoms with Gasteiger partial charge in [-0.2, -0.15) is 0 Å². The largest absolute Gasteiger partial charge is 0.379 e. The van der Waals surface area contributed by atoms with Gasteiger partial charge in [-0.3, -0.25) is 4.90 Å². The maximum absolute atomic E-state index is 5.43. The number of fused-ring (bicyclic) bond motifs is 4. The van der Waals surface area contributed by atoms with Crippen LogP contribution in [-0.2, 0) is 4.74 Å². The Morgan fingerprint density at radius 2 is 1.55 bits per heavy atom. The van der Waals surface area contributed by atoms with E-state index in [1.54, 1.807) is 0 Å². The molecule has 0 bridgehead atoms. The van der Waals surface area contributed by atoms with Gasteiger partial charge in [0.05, 0.1) is 24.2 Å². The summed E-state index contributed by atoms with van der Waals surface area (Å²) in [6.07, 6.45) is 0. The molecule has 1 aliphatic heterocycles. The zero-order chi connectivity index (χ0) is 20.6. The number of nitrogens with zero attached hydrogens (tertiary/aromatic N) is 2. The van der Waals surface area contributed by atoms with E-state index < -0.39 is 0 Å². The van der Waals surface area contributed by atoms with Gasteiger partial charge in [0, 0.05) is 53.5 Å². The van der Waals surface area contributed by atoms with Crippen LogP contribution in [0.1, 0.15) is 0 Å². The highest BCUT2D eigenvalue weighted by molar-refractivity contribution is 6.09. The quantitative estimate of drug-likeness (QED) is 0.428. The zero-order valence-electron chi connectivity index (χ0n) is 17.5. The lowest BCUT2D eigenvalue weighted by Gasteiger charge is -2.26. The lowest BCUT2D eigenvalue weighted by atomic mass is 10.2. The van der Waals surface area contributed by atoms with E-state index in [-0.39, 0.29) is 0 Å². The summed E-state index contributed by atoms with van der Waals surface area (Å²) in [5.41, 5.74) is 4.81. The molecule has 0 spiro atoms. The first-order valence-electron chi connectivity index (χ1n) is 11.0. The number of aromatic nitrogens is 2. The summed E-state index contributed by atoms with van der Waals surface area (Å²) in [7, 11) is 0. The molecular weight excluding hydrogens is 384 g/mol. The van der Waals surface area contributed by atoms with Crippen LogP contribution in [0.3, 0.4) is 0 Å². The molecule has 5 aromatic rings. The van der Waals surface area contributed by atoms with Crippen LogP contribution >= 0.6 is 0 Å². The fraction of sp³-hybridized carbons (Fsp3) is 0.231. The van der Waals surface area contributed by atoms with Gasteiger partial charge < -0.3 is 19.6 Å². The molecule has 0 saturated carbocycles. The molecule has 1 aliphatic rings. The van der Waals surface area contributed by atoms with Crippen molar-refractivity contribution >= 4 is 38.5 Å². The predicted molar refractivity (Wildman–Crippen MR) is 128 cm³/mol. The molecule has 156 valence electrons. The Bertz CT molecular complexity index is 1310. The van der Waals surface area contributed by atoms with Gasteiger partial charge in [-0.25, -0.2) is 0 Å². The average molecular weight is 411 g/mol. The number of aromatic amines is 1. The van der Waals surface area contributed by atoms with E-state index in [0.29, 0.717) is 0 Å². The van der Waals surface area contributed by atoms with Crippen molar-refractivity contribution in [2.75, 3.05) is 44.7 Å². The first kappa shape index (κ1) is 18.5. The molecule has 0 atom stereocenters. The lowest BCUT2D eigenvalue weighted by Crippen LogP contribution is -2.39. The number of H-pyrrole nitrogens is 1. The summed E-state index contributed by atoms with van der Waals surface area (Å²) in [5, 5.41) is 7.35. The molecular formula is C26H26N4O. The molecule has 0 radical (unpaired) electrons.